The van der Waals surface area contributed by atoms with Crippen molar-refractivity contribution in [3.8, 4) is 23.2 Å². The summed E-state index contributed by atoms with van der Waals surface area (Å²) in [7, 11) is 1.55. The smallest absolute Gasteiger partial charge is 0.257 e. The van der Waals surface area contributed by atoms with Crippen LogP contribution in [0.2, 0.25) is 0 Å². The zero-order valence-corrected chi connectivity index (χ0v) is 10.5. The molecule has 3 aromatic rings. The summed E-state index contributed by atoms with van der Waals surface area (Å²) in [6.45, 7) is 0. The SMILES string of the molecule is COc1cccnc1-c1nc(N)nc(-n2cncn2)n1. The first-order chi connectivity index (χ1) is 9.78. The summed E-state index contributed by atoms with van der Waals surface area (Å²) < 4.78 is 6.62. The normalized spacial score (nSPS) is 10.4. The van der Waals surface area contributed by atoms with E-state index in [1.54, 1.807) is 25.4 Å². The van der Waals surface area contributed by atoms with Crippen LogP contribution >= 0.6 is 0 Å². The maximum atomic E-state index is 5.70. The molecule has 0 saturated carbocycles. The first-order valence-electron chi connectivity index (χ1n) is 5.64. The molecule has 3 rings (SSSR count). The Labute approximate surface area is 113 Å². The minimum atomic E-state index is 0.0632. The molecule has 0 fully saturated rings. The largest absolute Gasteiger partial charge is 0.494 e. The molecule has 0 atom stereocenters. The second kappa shape index (κ2) is 4.88. The van der Waals surface area contributed by atoms with Crippen LogP contribution in [0.4, 0.5) is 5.95 Å². The molecule has 0 radical (unpaired) electrons. The highest BCUT2D eigenvalue weighted by molar-refractivity contribution is 5.59. The van der Waals surface area contributed by atoms with Gasteiger partial charge in [-0.1, -0.05) is 0 Å². The van der Waals surface area contributed by atoms with Crippen LogP contribution in [-0.4, -0.2) is 41.8 Å². The van der Waals surface area contributed by atoms with E-state index in [0.29, 0.717) is 17.3 Å². The Balaban J connectivity index is 2.15. The summed E-state index contributed by atoms with van der Waals surface area (Å²) in [5.41, 5.74) is 6.18. The molecule has 9 nitrogen and oxygen atoms in total. The Morgan fingerprint density at radius 3 is 2.90 bits per heavy atom. The number of methoxy groups -OCH3 is 1. The molecule has 9 heteroatoms. The monoisotopic (exact) mass is 270 g/mol. The summed E-state index contributed by atoms with van der Waals surface area (Å²) in [6.07, 6.45) is 4.46. The Hall–Kier alpha value is -3.10. The number of nitrogen functional groups attached to an aromatic ring is 1. The van der Waals surface area contributed by atoms with Gasteiger partial charge in [0.1, 0.15) is 24.1 Å². The van der Waals surface area contributed by atoms with Gasteiger partial charge in [-0.3, -0.25) is 0 Å². The van der Waals surface area contributed by atoms with E-state index in [9.17, 15) is 0 Å². The third-order valence-electron chi connectivity index (χ3n) is 2.47. The molecule has 0 spiro atoms. The van der Waals surface area contributed by atoms with Crippen molar-refractivity contribution in [2.75, 3.05) is 12.8 Å². The number of anilines is 1. The van der Waals surface area contributed by atoms with Crippen LogP contribution in [0.25, 0.3) is 17.5 Å². The first-order valence-corrected chi connectivity index (χ1v) is 5.64. The fourth-order valence-corrected chi connectivity index (χ4v) is 1.62. The standard InChI is InChI=1S/C11H10N8O/c1-20-7-3-2-4-14-8(7)9-16-10(12)18-11(17-9)19-6-13-5-15-19/h2-6H,1H3,(H2,12,16,17,18). The molecule has 2 N–H and O–H groups in total. The fraction of sp³-hybridized carbons (Fsp3) is 0.0909. The summed E-state index contributed by atoms with van der Waals surface area (Å²) >= 11 is 0. The Morgan fingerprint density at radius 1 is 1.25 bits per heavy atom. The predicted molar refractivity (Wildman–Crippen MR) is 68.9 cm³/mol. The van der Waals surface area contributed by atoms with Crippen molar-refractivity contribution in [1.82, 2.24) is 34.7 Å². The van der Waals surface area contributed by atoms with Gasteiger partial charge in [0.05, 0.1) is 7.11 Å². The van der Waals surface area contributed by atoms with Crippen molar-refractivity contribution >= 4 is 5.95 Å². The van der Waals surface area contributed by atoms with E-state index in [0.717, 1.165) is 0 Å². The minimum Gasteiger partial charge on any atom is -0.494 e. The number of rotatable bonds is 3. The van der Waals surface area contributed by atoms with E-state index in [4.69, 9.17) is 10.5 Å². The van der Waals surface area contributed by atoms with Gasteiger partial charge in [-0.15, -0.1) is 0 Å². The van der Waals surface area contributed by atoms with Crippen molar-refractivity contribution in [3.05, 3.63) is 31.0 Å². The molecule has 0 aliphatic rings. The molecule has 20 heavy (non-hydrogen) atoms. The molecule has 3 heterocycles. The second-order valence-electron chi connectivity index (χ2n) is 3.71. The van der Waals surface area contributed by atoms with E-state index >= 15 is 0 Å². The second-order valence-corrected chi connectivity index (χ2v) is 3.71. The third kappa shape index (κ3) is 2.11. The first kappa shape index (κ1) is 12.0. The van der Waals surface area contributed by atoms with Crippen LogP contribution in [0, 0.1) is 0 Å². The van der Waals surface area contributed by atoms with Gasteiger partial charge in [-0.2, -0.15) is 24.7 Å². The van der Waals surface area contributed by atoms with Crippen LogP contribution in [0.1, 0.15) is 0 Å². The van der Waals surface area contributed by atoms with Gasteiger partial charge in [0.25, 0.3) is 5.95 Å². The zero-order valence-electron chi connectivity index (χ0n) is 10.5. The molecule has 0 bridgehead atoms. The van der Waals surface area contributed by atoms with Crippen molar-refractivity contribution in [2.24, 2.45) is 0 Å². The summed E-state index contributed by atoms with van der Waals surface area (Å²) in [5.74, 6) is 1.18. The van der Waals surface area contributed by atoms with Gasteiger partial charge >= 0.3 is 0 Å². The zero-order chi connectivity index (χ0) is 13.9. The topological polar surface area (TPSA) is 118 Å². The molecule has 100 valence electrons. The summed E-state index contributed by atoms with van der Waals surface area (Å²) in [5, 5.41) is 3.95. The van der Waals surface area contributed by atoms with Crippen LogP contribution in [0.15, 0.2) is 31.0 Å². The van der Waals surface area contributed by atoms with Crippen LogP contribution < -0.4 is 10.5 Å². The van der Waals surface area contributed by atoms with Gasteiger partial charge in [-0.05, 0) is 12.1 Å². The predicted octanol–water partition coefficient (Wildman–Crippen LogP) is 0.105. The number of hydrogen-bond donors (Lipinski definition) is 1. The van der Waals surface area contributed by atoms with Gasteiger partial charge in [-0.25, -0.2) is 9.97 Å². The molecular formula is C11H10N8O. The lowest BCUT2D eigenvalue weighted by Crippen LogP contribution is -2.08. The maximum absolute atomic E-state index is 5.70. The highest BCUT2D eigenvalue weighted by Crippen LogP contribution is 2.24. The van der Waals surface area contributed by atoms with Gasteiger partial charge in [0, 0.05) is 6.20 Å². The summed E-state index contributed by atoms with van der Waals surface area (Å²) in [6, 6.07) is 3.52. The van der Waals surface area contributed by atoms with Crippen molar-refractivity contribution in [2.45, 2.75) is 0 Å². The highest BCUT2D eigenvalue weighted by atomic mass is 16.5. The molecule has 3 aromatic heterocycles. The average molecular weight is 270 g/mol. The Morgan fingerprint density at radius 2 is 2.15 bits per heavy atom. The van der Waals surface area contributed by atoms with E-state index in [1.165, 1.54) is 17.3 Å². The number of nitrogens with two attached hydrogens (primary N) is 1. The molecule has 0 aromatic carbocycles. The highest BCUT2D eigenvalue weighted by Gasteiger charge is 2.13. The molecule has 0 aliphatic heterocycles. The van der Waals surface area contributed by atoms with Crippen LogP contribution in [0.5, 0.6) is 5.75 Å². The van der Waals surface area contributed by atoms with Crippen LogP contribution in [0.3, 0.4) is 0 Å². The average Bonchev–Trinajstić information content (AvgIpc) is 3.01. The lowest BCUT2D eigenvalue weighted by Gasteiger charge is -2.07. The summed E-state index contributed by atoms with van der Waals surface area (Å²) in [4.78, 5) is 20.4. The quantitative estimate of drug-likeness (QED) is 0.712. The van der Waals surface area contributed by atoms with Gasteiger partial charge < -0.3 is 10.5 Å². The van der Waals surface area contributed by atoms with Gasteiger partial charge in [0.2, 0.25) is 5.95 Å². The van der Waals surface area contributed by atoms with Crippen LogP contribution in [-0.2, 0) is 0 Å². The molecule has 0 unspecified atom stereocenters. The van der Waals surface area contributed by atoms with Crippen molar-refractivity contribution in [1.29, 1.82) is 0 Å². The lowest BCUT2D eigenvalue weighted by molar-refractivity contribution is 0.414. The van der Waals surface area contributed by atoms with Crippen molar-refractivity contribution in [3.63, 3.8) is 0 Å². The fourth-order valence-electron chi connectivity index (χ4n) is 1.62. The third-order valence-corrected chi connectivity index (χ3v) is 2.47. The molecule has 0 saturated heterocycles. The number of nitrogens with zero attached hydrogens (tertiary/aromatic N) is 7. The Bertz CT molecular complexity index is 727. The van der Waals surface area contributed by atoms with E-state index in [1.807, 2.05) is 0 Å². The van der Waals surface area contributed by atoms with Gasteiger partial charge in [0.15, 0.2) is 5.82 Å². The van der Waals surface area contributed by atoms with E-state index < -0.39 is 0 Å². The number of ether oxygens (including phenoxy) is 1. The minimum absolute atomic E-state index is 0.0632. The van der Waals surface area contributed by atoms with E-state index in [2.05, 4.69) is 30.0 Å². The number of pyridine rings is 1. The Kier molecular flexibility index (Phi) is 2.92. The van der Waals surface area contributed by atoms with Crippen molar-refractivity contribution < 1.29 is 4.74 Å². The number of aromatic nitrogens is 7. The van der Waals surface area contributed by atoms with E-state index in [-0.39, 0.29) is 11.9 Å². The molecular weight excluding hydrogens is 260 g/mol. The number of hydrogen-bond acceptors (Lipinski definition) is 8. The molecule has 0 amide bonds. The lowest BCUT2D eigenvalue weighted by atomic mass is 10.3. The maximum Gasteiger partial charge on any atom is 0.257 e. The molecule has 0 aliphatic carbocycles.